The molecule has 24 heavy (non-hydrogen) atoms. The van der Waals surface area contributed by atoms with Gasteiger partial charge in [-0.15, -0.1) is 0 Å². The second-order valence-electron chi connectivity index (χ2n) is 4.68. The van der Waals surface area contributed by atoms with E-state index in [1.54, 1.807) is 0 Å². The molecule has 1 aromatic carbocycles. The predicted molar refractivity (Wildman–Crippen MR) is 86.1 cm³/mol. The van der Waals surface area contributed by atoms with Gasteiger partial charge in [-0.2, -0.15) is 13.2 Å². The van der Waals surface area contributed by atoms with Crippen molar-refractivity contribution in [1.82, 2.24) is 10.3 Å². The molecule has 2 aromatic rings. The lowest BCUT2D eigenvalue weighted by Gasteiger charge is -2.12. The van der Waals surface area contributed by atoms with Gasteiger partial charge >= 0.3 is 6.18 Å². The van der Waals surface area contributed by atoms with Crippen LogP contribution in [-0.2, 0) is 6.54 Å². The maximum absolute atomic E-state index is 13.0. The number of hydrogen-bond acceptors (Lipinski definition) is 3. The van der Waals surface area contributed by atoms with Crippen LogP contribution in [0.2, 0.25) is 0 Å². The first-order valence-electron chi connectivity index (χ1n) is 6.63. The van der Waals surface area contributed by atoms with E-state index in [4.69, 9.17) is 0 Å². The molecule has 9 heteroatoms. The Morgan fingerprint density at radius 2 is 2.04 bits per heavy atom. The third kappa shape index (κ3) is 5.32. The molecule has 0 unspecified atom stereocenters. The van der Waals surface area contributed by atoms with Crippen LogP contribution in [0.3, 0.4) is 0 Å². The molecule has 0 radical (unpaired) electrons. The number of benzene rings is 1. The number of ether oxygens (including phenoxy) is 1. The van der Waals surface area contributed by atoms with E-state index in [-0.39, 0.29) is 18.0 Å². The van der Waals surface area contributed by atoms with E-state index < -0.39 is 24.5 Å². The van der Waals surface area contributed by atoms with Gasteiger partial charge in [0, 0.05) is 21.9 Å². The first kappa shape index (κ1) is 18.4. The van der Waals surface area contributed by atoms with Gasteiger partial charge in [-0.05, 0) is 46.9 Å². The minimum atomic E-state index is -4.48. The van der Waals surface area contributed by atoms with Crippen molar-refractivity contribution in [2.75, 3.05) is 6.61 Å². The van der Waals surface area contributed by atoms with Crippen molar-refractivity contribution in [3.05, 3.63) is 57.0 Å². The number of aromatic nitrogens is 1. The Kier molecular flexibility index (Phi) is 5.97. The van der Waals surface area contributed by atoms with Crippen molar-refractivity contribution in [2.45, 2.75) is 12.7 Å². The van der Waals surface area contributed by atoms with E-state index in [1.165, 1.54) is 30.5 Å². The number of alkyl halides is 3. The summed E-state index contributed by atoms with van der Waals surface area (Å²) in [7, 11) is 0. The monoisotopic (exact) mass is 454 g/mol. The molecule has 0 aliphatic rings. The van der Waals surface area contributed by atoms with Crippen LogP contribution in [0.1, 0.15) is 15.9 Å². The Labute approximate surface area is 148 Å². The summed E-state index contributed by atoms with van der Waals surface area (Å²) in [4.78, 5) is 15.8. The predicted octanol–water partition coefficient (Wildman–Crippen LogP) is 3.70. The van der Waals surface area contributed by atoms with Crippen molar-refractivity contribution in [3.8, 4) is 5.88 Å². The Hall–Kier alpha value is -1.91. The summed E-state index contributed by atoms with van der Waals surface area (Å²) in [6.07, 6.45) is -3.19. The molecule has 1 heterocycles. The molecule has 0 fully saturated rings. The van der Waals surface area contributed by atoms with Crippen LogP contribution in [-0.4, -0.2) is 23.7 Å². The van der Waals surface area contributed by atoms with Gasteiger partial charge in [-0.1, -0.05) is 6.07 Å². The standard InChI is InChI=1S/C15H11F4IN2O2/c16-10-3-4-11(12(20)6-10)13(23)22-7-9-2-1-5-21-14(9)24-8-15(17,18)19/h1-6H,7-8H2,(H,22,23). The lowest BCUT2D eigenvalue weighted by Crippen LogP contribution is -2.25. The Bertz CT molecular complexity index is 738. The fourth-order valence-corrected chi connectivity index (χ4v) is 2.51. The van der Waals surface area contributed by atoms with Crippen LogP contribution >= 0.6 is 22.6 Å². The van der Waals surface area contributed by atoms with E-state index in [2.05, 4.69) is 15.0 Å². The van der Waals surface area contributed by atoms with Gasteiger partial charge in [0.25, 0.3) is 5.91 Å². The summed E-state index contributed by atoms with van der Waals surface area (Å²) in [6.45, 7) is -1.55. The Morgan fingerprint density at radius 1 is 1.29 bits per heavy atom. The molecule has 1 aromatic heterocycles. The number of nitrogens with one attached hydrogen (secondary N) is 1. The highest BCUT2D eigenvalue weighted by molar-refractivity contribution is 14.1. The number of halogens is 5. The molecule has 0 aliphatic heterocycles. The van der Waals surface area contributed by atoms with E-state index in [1.807, 2.05) is 22.6 Å². The summed E-state index contributed by atoms with van der Waals surface area (Å²) < 4.78 is 54.8. The van der Waals surface area contributed by atoms with Gasteiger partial charge in [-0.25, -0.2) is 9.37 Å². The van der Waals surface area contributed by atoms with Gasteiger partial charge in [-0.3, -0.25) is 4.79 Å². The first-order chi connectivity index (χ1) is 11.3. The second kappa shape index (κ2) is 7.77. The average Bonchev–Trinajstić information content (AvgIpc) is 2.50. The Balaban J connectivity index is 2.05. The molecule has 0 saturated heterocycles. The van der Waals surface area contributed by atoms with Gasteiger partial charge in [0.2, 0.25) is 5.88 Å². The van der Waals surface area contributed by atoms with Crippen molar-refractivity contribution in [1.29, 1.82) is 0 Å². The number of carbonyl (C=O) groups excluding carboxylic acids is 1. The van der Waals surface area contributed by atoms with Gasteiger partial charge in [0.05, 0.1) is 5.56 Å². The summed E-state index contributed by atoms with van der Waals surface area (Å²) in [5, 5.41) is 2.55. The smallest absolute Gasteiger partial charge is 0.422 e. The van der Waals surface area contributed by atoms with Crippen LogP contribution in [0, 0.1) is 9.39 Å². The van der Waals surface area contributed by atoms with Crippen molar-refractivity contribution >= 4 is 28.5 Å². The zero-order valence-corrected chi connectivity index (χ0v) is 14.2. The zero-order chi connectivity index (χ0) is 17.7. The molecule has 0 saturated carbocycles. The quantitative estimate of drug-likeness (QED) is 0.554. The van der Waals surface area contributed by atoms with Crippen LogP contribution in [0.25, 0.3) is 0 Å². The third-order valence-electron chi connectivity index (χ3n) is 2.84. The Morgan fingerprint density at radius 3 is 2.71 bits per heavy atom. The van der Waals surface area contributed by atoms with E-state index in [0.29, 0.717) is 9.13 Å². The number of amides is 1. The van der Waals surface area contributed by atoms with Gasteiger partial charge in [0.15, 0.2) is 6.61 Å². The number of hydrogen-bond donors (Lipinski definition) is 1. The summed E-state index contributed by atoms with van der Waals surface area (Å²) in [6, 6.07) is 6.70. The molecular formula is C15H11F4IN2O2. The molecule has 128 valence electrons. The second-order valence-corrected chi connectivity index (χ2v) is 5.84. The van der Waals surface area contributed by atoms with Crippen molar-refractivity contribution < 1.29 is 27.1 Å². The first-order valence-corrected chi connectivity index (χ1v) is 7.71. The molecule has 0 aliphatic carbocycles. The van der Waals surface area contributed by atoms with E-state index in [9.17, 15) is 22.4 Å². The zero-order valence-electron chi connectivity index (χ0n) is 12.0. The fraction of sp³-hybridized carbons (Fsp3) is 0.200. The average molecular weight is 454 g/mol. The van der Waals surface area contributed by atoms with Gasteiger partial charge in [0.1, 0.15) is 5.82 Å². The van der Waals surface area contributed by atoms with Crippen LogP contribution in [0.5, 0.6) is 5.88 Å². The van der Waals surface area contributed by atoms with E-state index >= 15 is 0 Å². The number of nitrogens with zero attached hydrogens (tertiary/aromatic N) is 1. The maximum atomic E-state index is 13.0. The molecule has 0 spiro atoms. The highest BCUT2D eigenvalue weighted by Crippen LogP contribution is 2.20. The highest BCUT2D eigenvalue weighted by Gasteiger charge is 2.29. The molecule has 1 amide bonds. The van der Waals surface area contributed by atoms with Crippen LogP contribution < -0.4 is 10.1 Å². The molecule has 0 atom stereocenters. The molecule has 0 bridgehead atoms. The highest BCUT2D eigenvalue weighted by atomic mass is 127. The van der Waals surface area contributed by atoms with Crippen molar-refractivity contribution in [2.24, 2.45) is 0 Å². The number of pyridine rings is 1. The minimum absolute atomic E-state index is 0.0761. The summed E-state index contributed by atoms with van der Waals surface area (Å²) in [5.41, 5.74) is 0.561. The molecule has 2 rings (SSSR count). The normalized spacial score (nSPS) is 11.2. The molecule has 4 nitrogen and oxygen atoms in total. The summed E-state index contributed by atoms with van der Waals surface area (Å²) >= 11 is 1.82. The lowest BCUT2D eigenvalue weighted by molar-refractivity contribution is -0.154. The fourth-order valence-electron chi connectivity index (χ4n) is 1.78. The van der Waals surface area contributed by atoms with Crippen LogP contribution in [0.4, 0.5) is 17.6 Å². The molecular weight excluding hydrogens is 443 g/mol. The third-order valence-corrected chi connectivity index (χ3v) is 3.73. The van der Waals surface area contributed by atoms with Crippen LogP contribution in [0.15, 0.2) is 36.5 Å². The number of rotatable bonds is 5. The van der Waals surface area contributed by atoms with E-state index in [0.717, 1.165) is 6.07 Å². The molecule has 1 N–H and O–H groups in total. The largest absolute Gasteiger partial charge is 0.468 e. The number of carbonyl (C=O) groups is 1. The summed E-state index contributed by atoms with van der Waals surface area (Å²) in [5.74, 6) is -1.15. The minimum Gasteiger partial charge on any atom is -0.468 e. The maximum Gasteiger partial charge on any atom is 0.422 e. The van der Waals surface area contributed by atoms with Gasteiger partial charge < -0.3 is 10.1 Å². The topological polar surface area (TPSA) is 51.2 Å². The SMILES string of the molecule is O=C(NCc1cccnc1OCC(F)(F)F)c1ccc(F)cc1I. The van der Waals surface area contributed by atoms with Crippen molar-refractivity contribution in [3.63, 3.8) is 0 Å². The lowest BCUT2D eigenvalue weighted by atomic mass is 10.2.